The lowest BCUT2D eigenvalue weighted by atomic mass is 10.2. The average Bonchev–Trinajstić information content (AvgIpc) is 1.94. The molecule has 0 heterocycles. The van der Waals surface area contributed by atoms with Gasteiger partial charge >= 0.3 is 0 Å². The molecule has 0 saturated carbocycles. The molecule has 0 unspecified atom stereocenters. The van der Waals surface area contributed by atoms with E-state index >= 15 is 0 Å². The molecule has 0 bridgehead atoms. The number of ether oxygens (including phenoxy) is 1. The minimum atomic E-state index is -0.0964. The Morgan fingerprint density at radius 1 is 1.31 bits per heavy atom. The minimum Gasteiger partial charge on any atom is -0.488 e. The van der Waals surface area contributed by atoms with Gasteiger partial charge in [-0.15, -0.1) is 0 Å². The summed E-state index contributed by atoms with van der Waals surface area (Å²) in [6, 6.07) is 6.29. The fourth-order valence-electron chi connectivity index (χ4n) is 1.03. The Labute approximate surface area is 96.4 Å². The number of benzene rings is 1. The highest BCUT2D eigenvalue weighted by molar-refractivity contribution is 14.1. The van der Waals surface area contributed by atoms with Gasteiger partial charge in [-0.3, -0.25) is 0 Å². The van der Waals surface area contributed by atoms with Crippen molar-refractivity contribution >= 4 is 38.0 Å². The molecule has 0 aliphatic carbocycles. The van der Waals surface area contributed by atoms with Gasteiger partial charge < -0.3 is 4.74 Å². The van der Waals surface area contributed by atoms with E-state index in [4.69, 9.17) is 4.74 Å². The van der Waals surface area contributed by atoms with Crippen molar-refractivity contribution in [2.24, 2.45) is 0 Å². The highest BCUT2D eigenvalue weighted by atomic mass is 127. The first-order valence-electron chi connectivity index (χ1n) is 4.34. The Hall–Kier alpha value is -0.0331. The Balaban J connectivity index is 2.86. The molecule has 0 aromatic heterocycles. The van der Waals surface area contributed by atoms with Crippen molar-refractivity contribution < 1.29 is 4.74 Å². The first kappa shape index (κ1) is 11.0. The van der Waals surface area contributed by atoms with Crippen LogP contribution >= 0.6 is 22.6 Å². The van der Waals surface area contributed by atoms with Gasteiger partial charge in [0.2, 0.25) is 0 Å². The van der Waals surface area contributed by atoms with Crippen molar-refractivity contribution in [3.05, 3.63) is 21.8 Å². The summed E-state index contributed by atoms with van der Waals surface area (Å²) in [4.78, 5) is 0. The SMILES string of the molecule is CC(C)(C)Oc1ccc(I)c([SiH3])c1. The Morgan fingerprint density at radius 2 is 1.92 bits per heavy atom. The molecule has 3 heteroatoms. The monoisotopic (exact) mass is 306 g/mol. The van der Waals surface area contributed by atoms with E-state index in [9.17, 15) is 0 Å². The van der Waals surface area contributed by atoms with Gasteiger partial charge in [0, 0.05) is 13.8 Å². The topological polar surface area (TPSA) is 9.23 Å². The van der Waals surface area contributed by atoms with Crippen LogP contribution in [-0.2, 0) is 0 Å². The van der Waals surface area contributed by atoms with Gasteiger partial charge in [0.15, 0.2) is 0 Å². The first-order chi connectivity index (χ1) is 5.88. The van der Waals surface area contributed by atoms with Gasteiger partial charge in [-0.1, -0.05) is 5.19 Å². The molecule has 0 saturated heterocycles. The molecule has 0 N–H and O–H groups in total. The third-order valence-electron chi connectivity index (χ3n) is 1.55. The number of halogens is 1. The van der Waals surface area contributed by atoms with Crippen molar-refractivity contribution in [2.75, 3.05) is 0 Å². The van der Waals surface area contributed by atoms with Gasteiger partial charge in [0.05, 0.1) is 0 Å². The van der Waals surface area contributed by atoms with E-state index in [0.717, 1.165) is 16.0 Å². The smallest absolute Gasteiger partial charge is 0.120 e. The fraction of sp³-hybridized carbons (Fsp3) is 0.400. The van der Waals surface area contributed by atoms with Crippen molar-refractivity contribution in [1.29, 1.82) is 0 Å². The molecule has 1 nitrogen and oxygen atoms in total. The molecule has 1 aromatic carbocycles. The number of rotatable bonds is 1. The molecule has 0 spiro atoms. The van der Waals surface area contributed by atoms with Gasteiger partial charge in [-0.25, -0.2) is 0 Å². The summed E-state index contributed by atoms with van der Waals surface area (Å²) in [7, 11) is 1.08. The van der Waals surface area contributed by atoms with Gasteiger partial charge in [0.1, 0.15) is 11.4 Å². The zero-order chi connectivity index (χ0) is 10.1. The summed E-state index contributed by atoms with van der Waals surface area (Å²) in [5.41, 5.74) is -0.0964. The van der Waals surface area contributed by atoms with Crippen LogP contribution in [0.4, 0.5) is 0 Å². The second kappa shape index (κ2) is 4.00. The molecule has 0 aliphatic heterocycles. The molecule has 1 aromatic rings. The molecule has 0 amide bonds. The van der Waals surface area contributed by atoms with E-state index in [0.29, 0.717) is 0 Å². The van der Waals surface area contributed by atoms with Crippen molar-refractivity contribution in [2.45, 2.75) is 26.4 Å². The van der Waals surface area contributed by atoms with Crippen LogP contribution in [0.3, 0.4) is 0 Å². The lowest BCUT2D eigenvalue weighted by Gasteiger charge is -2.21. The Morgan fingerprint density at radius 3 is 2.38 bits per heavy atom. The zero-order valence-electron chi connectivity index (χ0n) is 8.52. The molecule has 0 atom stereocenters. The normalized spacial score (nSPS) is 11.7. The van der Waals surface area contributed by atoms with Crippen LogP contribution in [0.5, 0.6) is 5.75 Å². The van der Waals surface area contributed by atoms with Crippen LogP contribution in [0.15, 0.2) is 18.2 Å². The molecule has 0 aliphatic rings. The van der Waals surface area contributed by atoms with Crippen LogP contribution in [-0.4, -0.2) is 15.8 Å². The lowest BCUT2D eigenvalue weighted by molar-refractivity contribution is 0.131. The van der Waals surface area contributed by atoms with E-state index in [2.05, 4.69) is 55.5 Å². The van der Waals surface area contributed by atoms with Crippen molar-refractivity contribution in [3.63, 3.8) is 0 Å². The van der Waals surface area contributed by atoms with E-state index < -0.39 is 0 Å². The van der Waals surface area contributed by atoms with E-state index in [1.807, 2.05) is 6.07 Å². The highest BCUT2D eigenvalue weighted by Gasteiger charge is 2.11. The second-order valence-corrected chi connectivity index (χ2v) is 6.36. The van der Waals surface area contributed by atoms with Crippen LogP contribution in [0.25, 0.3) is 0 Å². The molecular weight excluding hydrogens is 291 g/mol. The standard InChI is InChI=1S/C10H15IOSi/c1-10(2,3)12-7-4-5-8(11)9(13)6-7/h4-6H,1-3,13H3. The summed E-state index contributed by atoms with van der Waals surface area (Å²) >= 11 is 2.36. The van der Waals surface area contributed by atoms with Crippen molar-refractivity contribution in [1.82, 2.24) is 0 Å². The largest absolute Gasteiger partial charge is 0.488 e. The van der Waals surface area contributed by atoms with E-state index in [1.165, 1.54) is 8.76 Å². The van der Waals surface area contributed by atoms with Crippen LogP contribution in [0, 0.1) is 3.57 Å². The summed E-state index contributed by atoms with van der Waals surface area (Å²) in [6.07, 6.45) is 0. The van der Waals surface area contributed by atoms with Crippen LogP contribution in [0.1, 0.15) is 20.8 Å². The fourth-order valence-corrected chi connectivity index (χ4v) is 1.82. The predicted octanol–water partition coefficient (Wildman–Crippen LogP) is 1.46. The third-order valence-corrected chi connectivity index (χ3v) is 4.61. The molecule has 0 fully saturated rings. The number of hydrogen-bond acceptors (Lipinski definition) is 1. The van der Waals surface area contributed by atoms with Gasteiger partial charge in [0.25, 0.3) is 0 Å². The maximum absolute atomic E-state index is 5.76. The summed E-state index contributed by atoms with van der Waals surface area (Å²) in [5, 5.41) is 1.40. The molecular formula is C10H15IOSi. The summed E-state index contributed by atoms with van der Waals surface area (Å²) < 4.78 is 7.09. The maximum atomic E-state index is 5.76. The van der Waals surface area contributed by atoms with Gasteiger partial charge in [-0.2, -0.15) is 0 Å². The van der Waals surface area contributed by atoms with Gasteiger partial charge in [-0.05, 0) is 61.6 Å². The van der Waals surface area contributed by atoms with E-state index in [1.54, 1.807) is 0 Å². The lowest BCUT2D eigenvalue weighted by Crippen LogP contribution is -2.23. The molecule has 72 valence electrons. The third kappa shape index (κ3) is 3.68. The van der Waals surface area contributed by atoms with Crippen LogP contribution in [0.2, 0.25) is 0 Å². The highest BCUT2D eigenvalue weighted by Crippen LogP contribution is 2.17. The Bertz CT molecular complexity index is 304. The second-order valence-electron chi connectivity index (χ2n) is 4.13. The maximum Gasteiger partial charge on any atom is 0.120 e. The molecule has 0 radical (unpaired) electrons. The van der Waals surface area contributed by atoms with Crippen LogP contribution < -0.4 is 9.92 Å². The van der Waals surface area contributed by atoms with E-state index in [-0.39, 0.29) is 5.60 Å². The molecule has 13 heavy (non-hydrogen) atoms. The predicted molar refractivity (Wildman–Crippen MR) is 69.1 cm³/mol. The minimum absolute atomic E-state index is 0.0964. The Kier molecular flexibility index (Phi) is 3.40. The summed E-state index contributed by atoms with van der Waals surface area (Å²) in [5.74, 6) is 0.984. The first-order valence-corrected chi connectivity index (χ1v) is 6.41. The molecule has 1 rings (SSSR count). The van der Waals surface area contributed by atoms with Crippen molar-refractivity contribution in [3.8, 4) is 5.75 Å². The average molecular weight is 306 g/mol. The quantitative estimate of drug-likeness (QED) is 0.564. The number of hydrogen-bond donors (Lipinski definition) is 0. The summed E-state index contributed by atoms with van der Waals surface area (Å²) in [6.45, 7) is 6.20. The zero-order valence-corrected chi connectivity index (χ0v) is 12.7.